The number of nitro benzene ring substituents is 2. The minimum atomic E-state index is -0.823. The second kappa shape index (κ2) is 9.71. The van der Waals surface area contributed by atoms with Crippen LogP contribution in [0.2, 0.25) is 0 Å². The SMILES string of the molecule is O=C(Oc1ccc(/C=N\NC(=O)c2ccccc2[N+](=O)[O-])cc1[N+](=O)[O-])c1ccccc1. The van der Waals surface area contributed by atoms with E-state index in [1.165, 1.54) is 48.5 Å². The average molecular weight is 434 g/mol. The maximum atomic E-state index is 12.2. The van der Waals surface area contributed by atoms with Crippen molar-refractivity contribution >= 4 is 29.5 Å². The molecule has 0 bridgehead atoms. The van der Waals surface area contributed by atoms with E-state index in [9.17, 15) is 29.8 Å². The third-order valence-electron chi connectivity index (χ3n) is 4.12. The highest BCUT2D eigenvalue weighted by Gasteiger charge is 2.20. The van der Waals surface area contributed by atoms with E-state index < -0.39 is 27.4 Å². The minimum Gasteiger partial charge on any atom is -0.416 e. The van der Waals surface area contributed by atoms with E-state index >= 15 is 0 Å². The number of nitrogens with one attached hydrogen (secondary N) is 1. The summed E-state index contributed by atoms with van der Waals surface area (Å²) in [5.41, 5.74) is 1.52. The lowest BCUT2D eigenvalue weighted by molar-refractivity contribution is -0.385. The monoisotopic (exact) mass is 434 g/mol. The molecule has 0 aliphatic carbocycles. The molecule has 11 heteroatoms. The molecule has 1 amide bonds. The number of hydrogen-bond acceptors (Lipinski definition) is 8. The Hall–Kier alpha value is -4.93. The van der Waals surface area contributed by atoms with Gasteiger partial charge in [0, 0.05) is 17.7 Å². The quantitative estimate of drug-likeness (QED) is 0.196. The van der Waals surface area contributed by atoms with Gasteiger partial charge in [-0.25, -0.2) is 10.2 Å². The zero-order valence-corrected chi connectivity index (χ0v) is 16.2. The van der Waals surface area contributed by atoms with Crippen molar-refractivity contribution in [1.29, 1.82) is 0 Å². The van der Waals surface area contributed by atoms with Crippen LogP contribution < -0.4 is 10.2 Å². The third-order valence-corrected chi connectivity index (χ3v) is 4.12. The number of hydrazone groups is 1. The number of para-hydroxylation sites is 1. The average Bonchev–Trinajstić information content (AvgIpc) is 2.80. The number of benzene rings is 3. The number of esters is 1. The molecule has 3 aromatic rings. The molecule has 11 nitrogen and oxygen atoms in total. The first-order chi connectivity index (χ1) is 15.4. The molecule has 3 rings (SSSR count). The van der Waals surface area contributed by atoms with Crippen molar-refractivity contribution in [3.8, 4) is 5.75 Å². The molecule has 0 atom stereocenters. The van der Waals surface area contributed by atoms with Gasteiger partial charge in [-0.3, -0.25) is 25.0 Å². The van der Waals surface area contributed by atoms with Gasteiger partial charge in [0.25, 0.3) is 11.6 Å². The van der Waals surface area contributed by atoms with Gasteiger partial charge in [0.15, 0.2) is 0 Å². The first kappa shape index (κ1) is 21.8. The van der Waals surface area contributed by atoms with Crippen molar-refractivity contribution in [1.82, 2.24) is 5.43 Å². The first-order valence-electron chi connectivity index (χ1n) is 8.99. The lowest BCUT2D eigenvalue weighted by Gasteiger charge is -2.06. The number of hydrogen-bond donors (Lipinski definition) is 1. The molecular formula is C21H14N4O7. The molecular weight excluding hydrogens is 420 g/mol. The van der Waals surface area contributed by atoms with E-state index in [4.69, 9.17) is 4.74 Å². The summed E-state index contributed by atoms with van der Waals surface area (Å²) in [6.45, 7) is 0. The number of carbonyl (C=O) groups excluding carboxylic acids is 2. The lowest BCUT2D eigenvalue weighted by atomic mass is 10.2. The Morgan fingerprint density at radius 1 is 0.875 bits per heavy atom. The van der Waals surface area contributed by atoms with Crippen LogP contribution >= 0.6 is 0 Å². The van der Waals surface area contributed by atoms with Crippen LogP contribution in [0.5, 0.6) is 5.75 Å². The molecule has 0 saturated carbocycles. The maximum absolute atomic E-state index is 12.2. The van der Waals surface area contributed by atoms with Crippen molar-refractivity contribution in [3.05, 3.63) is 110 Å². The van der Waals surface area contributed by atoms with Gasteiger partial charge < -0.3 is 4.74 Å². The van der Waals surface area contributed by atoms with Crippen molar-refractivity contribution in [2.75, 3.05) is 0 Å². The number of nitro groups is 2. The molecule has 3 aromatic carbocycles. The van der Waals surface area contributed by atoms with E-state index in [1.54, 1.807) is 18.2 Å². The molecule has 0 aromatic heterocycles. The fraction of sp³-hybridized carbons (Fsp3) is 0. The molecule has 0 aliphatic rings. The summed E-state index contributed by atoms with van der Waals surface area (Å²) in [5, 5.41) is 26.1. The predicted molar refractivity (Wildman–Crippen MR) is 113 cm³/mol. The van der Waals surface area contributed by atoms with Gasteiger partial charge in [-0.05, 0) is 30.3 Å². The van der Waals surface area contributed by atoms with Gasteiger partial charge in [0.2, 0.25) is 5.75 Å². The maximum Gasteiger partial charge on any atom is 0.343 e. The van der Waals surface area contributed by atoms with E-state index in [-0.39, 0.29) is 28.1 Å². The summed E-state index contributed by atoms with van der Waals surface area (Å²) in [5.74, 6) is -1.84. The standard InChI is InChI=1S/C21H14N4O7/c26-20(16-8-4-5-9-17(16)24(28)29)23-22-13-14-10-11-19(18(12-14)25(30)31)32-21(27)15-6-2-1-3-7-15/h1-13H,(H,23,26)/b22-13-. The largest absolute Gasteiger partial charge is 0.416 e. The van der Waals surface area contributed by atoms with Crippen molar-refractivity contribution in [3.63, 3.8) is 0 Å². The summed E-state index contributed by atoms with van der Waals surface area (Å²) < 4.78 is 5.13. The highest BCUT2D eigenvalue weighted by molar-refractivity contribution is 5.98. The number of rotatable bonds is 7. The molecule has 32 heavy (non-hydrogen) atoms. The molecule has 0 radical (unpaired) electrons. The lowest BCUT2D eigenvalue weighted by Crippen LogP contribution is -2.19. The fourth-order valence-corrected chi connectivity index (χ4v) is 2.63. The smallest absolute Gasteiger partial charge is 0.343 e. The van der Waals surface area contributed by atoms with Gasteiger partial charge in [0.05, 0.1) is 21.6 Å². The van der Waals surface area contributed by atoms with Crippen LogP contribution in [0.3, 0.4) is 0 Å². The van der Waals surface area contributed by atoms with Gasteiger partial charge in [-0.2, -0.15) is 5.10 Å². The van der Waals surface area contributed by atoms with Crippen molar-refractivity contribution < 1.29 is 24.2 Å². The third kappa shape index (κ3) is 5.16. The first-order valence-corrected chi connectivity index (χ1v) is 8.99. The summed E-state index contributed by atoms with van der Waals surface area (Å²) in [6, 6.07) is 17.0. The molecule has 0 spiro atoms. The normalized spacial score (nSPS) is 10.5. The van der Waals surface area contributed by atoms with E-state index in [0.29, 0.717) is 0 Å². The number of ether oxygens (including phenoxy) is 1. The van der Waals surface area contributed by atoms with Crippen LogP contribution in [-0.4, -0.2) is 27.9 Å². The Labute approximate surface area is 180 Å². The molecule has 0 unspecified atom stereocenters. The Morgan fingerprint density at radius 2 is 1.53 bits per heavy atom. The number of amides is 1. The van der Waals surface area contributed by atoms with Crippen molar-refractivity contribution in [2.45, 2.75) is 0 Å². The molecule has 0 saturated heterocycles. The second-order valence-corrected chi connectivity index (χ2v) is 6.21. The number of carbonyl (C=O) groups is 2. The van der Waals surface area contributed by atoms with Gasteiger partial charge in [0.1, 0.15) is 5.56 Å². The van der Waals surface area contributed by atoms with E-state index in [0.717, 1.165) is 12.3 Å². The summed E-state index contributed by atoms with van der Waals surface area (Å²) in [4.78, 5) is 45.3. The molecule has 0 fully saturated rings. The highest BCUT2D eigenvalue weighted by atomic mass is 16.6. The zero-order chi connectivity index (χ0) is 23.1. The van der Waals surface area contributed by atoms with Crippen LogP contribution in [0.15, 0.2) is 77.9 Å². The molecule has 160 valence electrons. The van der Waals surface area contributed by atoms with Crippen molar-refractivity contribution in [2.24, 2.45) is 5.10 Å². The Bertz CT molecular complexity index is 1230. The predicted octanol–water partition coefficient (Wildman–Crippen LogP) is 3.49. The fourth-order valence-electron chi connectivity index (χ4n) is 2.63. The van der Waals surface area contributed by atoms with E-state index in [1.807, 2.05) is 0 Å². The highest BCUT2D eigenvalue weighted by Crippen LogP contribution is 2.28. The summed E-state index contributed by atoms with van der Waals surface area (Å²) >= 11 is 0. The Balaban J connectivity index is 1.75. The molecule has 0 aliphatic heterocycles. The number of nitrogens with zero attached hydrogens (tertiary/aromatic N) is 3. The second-order valence-electron chi connectivity index (χ2n) is 6.21. The van der Waals surface area contributed by atoms with Crippen LogP contribution in [0.1, 0.15) is 26.3 Å². The van der Waals surface area contributed by atoms with Crippen LogP contribution in [-0.2, 0) is 0 Å². The topological polar surface area (TPSA) is 154 Å². The zero-order valence-electron chi connectivity index (χ0n) is 16.2. The van der Waals surface area contributed by atoms with Gasteiger partial charge in [-0.1, -0.05) is 30.3 Å². The summed E-state index contributed by atoms with van der Waals surface area (Å²) in [7, 11) is 0. The van der Waals surface area contributed by atoms with Gasteiger partial charge in [-0.15, -0.1) is 0 Å². The van der Waals surface area contributed by atoms with E-state index in [2.05, 4.69) is 10.5 Å². The Morgan fingerprint density at radius 3 is 2.22 bits per heavy atom. The van der Waals surface area contributed by atoms with Crippen LogP contribution in [0.4, 0.5) is 11.4 Å². The Kier molecular flexibility index (Phi) is 6.61. The molecule has 1 N–H and O–H groups in total. The van der Waals surface area contributed by atoms with Crippen LogP contribution in [0.25, 0.3) is 0 Å². The molecule has 0 heterocycles. The van der Waals surface area contributed by atoms with Gasteiger partial charge >= 0.3 is 11.7 Å². The van der Waals surface area contributed by atoms with Crippen LogP contribution in [0, 0.1) is 20.2 Å². The minimum absolute atomic E-state index is 0.191. The summed E-state index contributed by atoms with van der Waals surface area (Å²) in [6.07, 6.45) is 1.11.